The predicted molar refractivity (Wildman–Crippen MR) is 206 cm³/mol. The number of sulfonamides is 1. The summed E-state index contributed by atoms with van der Waals surface area (Å²) >= 11 is 13.0. The highest BCUT2D eigenvalue weighted by Crippen LogP contribution is 2.39. The van der Waals surface area contributed by atoms with Gasteiger partial charge in [0.2, 0.25) is 10.0 Å². The first-order valence-electron chi connectivity index (χ1n) is 18.7. The molecule has 2 saturated heterocycles. The van der Waals surface area contributed by atoms with E-state index in [9.17, 15) is 26.8 Å². The lowest BCUT2D eigenvalue weighted by molar-refractivity contribution is -0.377. The molecule has 3 heterocycles. The standard InChI is InChI=1S/C41H41Cl2F2N3O8S/c1-48-28-13-14-29(48)19-30(18-28)54-40(50)38(25-6-3-2-4-7-25)47-57(51,52)31-9-5-8-27(16-31)39(49)55-36(20-32-33(42)21-46-22-34(32)43)26-12-15-35(56-41(44)45)37(17-26)53-23-24-10-11-24/h2-9,12,15-17,21-22,24,28-30,36,38,41,47H,10-11,13-14,18-20,23H2,1H3/p+1/t28?,29?,30?,36-,38?/m0/s1. The average molecular weight is 846 g/mol. The number of esters is 2. The van der Waals surface area contributed by atoms with Crippen LogP contribution in [0.3, 0.4) is 0 Å². The van der Waals surface area contributed by atoms with Gasteiger partial charge in [-0.2, -0.15) is 13.5 Å². The minimum absolute atomic E-state index is 0.0354. The summed E-state index contributed by atoms with van der Waals surface area (Å²) in [5, 5.41) is 0.500. The summed E-state index contributed by atoms with van der Waals surface area (Å²) in [6.45, 7) is -2.82. The smallest absolute Gasteiger partial charge is 0.387 e. The van der Waals surface area contributed by atoms with Crippen LogP contribution in [0.1, 0.15) is 77.7 Å². The second kappa shape index (κ2) is 17.7. The Balaban J connectivity index is 1.13. The van der Waals surface area contributed by atoms with Crippen molar-refractivity contribution in [1.82, 2.24) is 9.62 Å². The van der Waals surface area contributed by atoms with Crippen LogP contribution in [-0.4, -0.2) is 63.7 Å². The summed E-state index contributed by atoms with van der Waals surface area (Å²) in [6.07, 6.45) is 6.79. The number of aromatic nitrogens is 1. The number of carbonyl (C=O) groups is 2. The second-order valence-corrected chi connectivity index (χ2v) is 17.2. The molecule has 0 amide bonds. The normalized spacial score (nSPS) is 20.5. The number of nitrogens with zero attached hydrogens (tertiary/aromatic N) is 1. The van der Waals surface area contributed by atoms with Gasteiger partial charge < -0.3 is 23.8 Å². The number of fused-ring (bicyclic) bond motifs is 2. The van der Waals surface area contributed by atoms with Gasteiger partial charge >= 0.3 is 18.6 Å². The predicted octanol–water partition coefficient (Wildman–Crippen LogP) is 7.53. The monoisotopic (exact) mass is 844 g/mol. The van der Waals surface area contributed by atoms with Crippen LogP contribution < -0.4 is 19.2 Å². The number of alkyl halides is 2. The number of hydrogen-bond donors (Lipinski definition) is 1. The van der Waals surface area contributed by atoms with Gasteiger partial charge in [-0.05, 0) is 92.9 Å². The third-order valence-corrected chi connectivity index (χ3v) is 12.8. The Morgan fingerprint density at radius 1 is 0.895 bits per heavy atom. The van der Waals surface area contributed by atoms with E-state index in [1.807, 2.05) is 0 Å². The maximum atomic E-state index is 14.0. The minimum atomic E-state index is -4.43. The Bertz CT molecular complexity index is 2160. The van der Waals surface area contributed by atoms with Crippen molar-refractivity contribution in [2.24, 2.45) is 5.92 Å². The third kappa shape index (κ3) is 10.0. The van der Waals surface area contributed by atoms with Gasteiger partial charge in [-0.25, -0.2) is 23.0 Å². The number of carbonyl (C=O) groups excluding carboxylic acids is 2. The molecule has 7 rings (SSSR count). The summed E-state index contributed by atoms with van der Waals surface area (Å²) in [6, 6.07) is 17.1. The van der Waals surface area contributed by atoms with Gasteiger partial charge in [0, 0.05) is 24.1 Å². The topological polar surface area (TPSA) is 135 Å². The van der Waals surface area contributed by atoms with Crippen LogP contribution in [0, 0.1) is 5.92 Å². The van der Waals surface area contributed by atoms with Crippen LogP contribution >= 0.6 is 23.2 Å². The molecule has 3 fully saturated rings. The minimum Gasteiger partial charge on any atom is -0.489 e. The van der Waals surface area contributed by atoms with Crippen LogP contribution in [0.25, 0.3) is 0 Å². The van der Waals surface area contributed by atoms with Crippen LogP contribution in [0.5, 0.6) is 11.5 Å². The molecule has 2 aliphatic heterocycles. The zero-order valence-electron chi connectivity index (χ0n) is 30.9. The van der Waals surface area contributed by atoms with Gasteiger partial charge in [-0.3, -0.25) is 0 Å². The largest absolute Gasteiger partial charge is 0.489 e. The van der Waals surface area contributed by atoms with Crippen molar-refractivity contribution in [2.75, 3.05) is 13.7 Å². The van der Waals surface area contributed by atoms with Gasteiger partial charge in [0.15, 0.2) is 23.9 Å². The lowest BCUT2D eigenvalue weighted by Crippen LogP contribution is -2.44. The zero-order chi connectivity index (χ0) is 40.3. The summed E-state index contributed by atoms with van der Waals surface area (Å²) < 4.78 is 79.6. The second-order valence-electron chi connectivity index (χ2n) is 14.6. The molecule has 0 radical (unpaired) electrons. The van der Waals surface area contributed by atoms with Crippen molar-refractivity contribution in [2.45, 2.75) is 86.8 Å². The number of pyridine rings is 1. The van der Waals surface area contributed by atoms with Gasteiger partial charge in [-0.15, -0.1) is 0 Å². The number of ether oxygens (including phenoxy) is 4. The van der Waals surface area contributed by atoms with Crippen LogP contribution in [-0.2, 0) is 30.7 Å². The highest BCUT2D eigenvalue weighted by atomic mass is 35.5. The van der Waals surface area contributed by atoms with E-state index in [4.69, 9.17) is 42.1 Å². The Labute approximate surface area is 339 Å². The van der Waals surface area contributed by atoms with Gasteiger partial charge in [0.05, 0.1) is 17.1 Å². The fourth-order valence-corrected chi connectivity index (χ4v) is 9.16. The molecule has 3 unspecified atom stereocenters. The highest BCUT2D eigenvalue weighted by molar-refractivity contribution is 7.89. The quantitative estimate of drug-likeness (QED) is 0.114. The van der Waals surface area contributed by atoms with Crippen molar-refractivity contribution in [1.29, 1.82) is 0 Å². The van der Waals surface area contributed by atoms with Crippen molar-refractivity contribution in [3.63, 3.8) is 0 Å². The lowest BCUT2D eigenvalue weighted by Gasteiger charge is -2.36. The first-order valence-corrected chi connectivity index (χ1v) is 20.9. The number of hydrogen-bond acceptors (Lipinski definition) is 9. The van der Waals surface area contributed by atoms with Crippen LogP contribution in [0.2, 0.25) is 10.0 Å². The molecule has 57 heavy (non-hydrogen) atoms. The van der Waals surface area contributed by atoms with Gasteiger partial charge in [0.25, 0.3) is 0 Å². The molecule has 16 heteroatoms. The first kappa shape index (κ1) is 40.8. The summed E-state index contributed by atoms with van der Waals surface area (Å²) in [4.78, 5) is 32.5. The molecule has 2 N–H and O–H groups in total. The number of H-pyrrole nitrogens is 1. The Kier molecular flexibility index (Phi) is 12.6. The van der Waals surface area contributed by atoms with Crippen molar-refractivity contribution in [3.8, 4) is 11.5 Å². The van der Waals surface area contributed by atoms with E-state index in [1.54, 1.807) is 30.3 Å². The maximum absolute atomic E-state index is 14.0. The molecule has 1 aliphatic carbocycles. The molecule has 3 aliphatic rings. The van der Waals surface area contributed by atoms with E-state index in [0.29, 0.717) is 47.5 Å². The first-order chi connectivity index (χ1) is 27.3. The number of nitrogens with one attached hydrogen (secondary N) is 2. The number of benzene rings is 3. The van der Waals surface area contributed by atoms with E-state index in [2.05, 4.69) is 21.7 Å². The molecule has 0 spiro atoms. The molecule has 1 aromatic heterocycles. The van der Waals surface area contributed by atoms with Gasteiger partial charge in [0.1, 0.15) is 28.3 Å². The molecule has 3 aromatic carbocycles. The fourth-order valence-electron chi connectivity index (χ4n) is 7.41. The summed E-state index contributed by atoms with van der Waals surface area (Å²) in [5.41, 5.74) is 1.05. The number of halogens is 4. The molecule has 1 saturated carbocycles. The van der Waals surface area contributed by atoms with Crippen LogP contribution in [0.4, 0.5) is 8.78 Å². The number of aromatic amines is 1. The Morgan fingerprint density at radius 2 is 1.60 bits per heavy atom. The van der Waals surface area contributed by atoms with E-state index in [0.717, 1.165) is 31.7 Å². The lowest BCUT2D eigenvalue weighted by atomic mass is 10.0. The van der Waals surface area contributed by atoms with Crippen molar-refractivity contribution < 1.29 is 50.7 Å². The average Bonchev–Trinajstić information content (AvgIpc) is 4.00. The molecule has 2 bridgehead atoms. The van der Waals surface area contributed by atoms with Crippen LogP contribution in [0.15, 0.2) is 90.1 Å². The third-order valence-electron chi connectivity index (χ3n) is 10.7. The van der Waals surface area contributed by atoms with Crippen molar-refractivity contribution in [3.05, 3.63) is 117 Å². The van der Waals surface area contributed by atoms with Gasteiger partial charge in [-0.1, -0.05) is 65.7 Å². The van der Waals surface area contributed by atoms with Crippen molar-refractivity contribution >= 4 is 45.2 Å². The van der Waals surface area contributed by atoms with E-state index in [1.165, 1.54) is 48.8 Å². The molecular formula is C41H42Cl2F2N3O8S+. The number of rotatable bonds is 16. The highest BCUT2D eigenvalue weighted by Gasteiger charge is 2.41. The van der Waals surface area contributed by atoms with E-state index in [-0.39, 0.29) is 51.1 Å². The molecule has 4 aromatic rings. The van der Waals surface area contributed by atoms with E-state index < -0.39 is 40.7 Å². The molecule has 11 nitrogen and oxygen atoms in total. The molecule has 4 atom stereocenters. The summed E-state index contributed by atoms with van der Waals surface area (Å²) in [5.74, 6) is -1.49. The molecule has 302 valence electrons. The maximum Gasteiger partial charge on any atom is 0.387 e. The molecular weight excluding hydrogens is 803 g/mol. The number of piperidine rings is 1. The Morgan fingerprint density at radius 3 is 2.26 bits per heavy atom. The Hall–Kier alpha value is -4.34. The fraction of sp³-hybridized carbons (Fsp3) is 0.390. The zero-order valence-corrected chi connectivity index (χ0v) is 33.2. The summed E-state index contributed by atoms with van der Waals surface area (Å²) in [7, 11) is -2.36. The SMILES string of the molecule is CN1C2CCC1CC(OC(=O)C(NS(=O)(=O)c1cccc(C(=O)O[C@@H](Cc3c(Cl)c[nH+]cc3Cl)c3ccc(OC(F)F)c(OCC4CC4)c3)c1)c1ccccc1)C2. The van der Waals surface area contributed by atoms with E-state index >= 15 is 0 Å².